The van der Waals surface area contributed by atoms with E-state index in [0.717, 1.165) is 13.0 Å². The number of anilines is 1. The smallest absolute Gasteiger partial charge is 0.227 e. The zero-order valence-electron chi connectivity index (χ0n) is 16.1. The van der Waals surface area contributed by atoms with Gasteiger partial charge in [0.1, 0.15) is 17.8 Å². The molecule has 0 atom stereocenters. The van der Waals surface area contributed by atoms with Crippen molar-refractivity contribution < 1.29 is 18.7 Å². The first-order valence-corrected chi connectivity index (χ1v) is 9.38. The minimum absolute atomic E-state index is 0.0254. The van der Waals surface area contributed by atoms with Crippen molar-refractivity contribution in [1.29, 1.82) is 0 Å². The number of Topliss-reactive ketones (excluding diaryl/α,β-unsaturated/α-hetero) is 1. The second-order valence-corrected chi connectivity index (χ2v) is 6.82. The second kappa shape index (κ2) is 8.22. The average molecular weight is 391 g/mol. The molecule has 2 heterocycles. The van der Waals surface area contributed by atoms with Crippen LogP contribution < -0.4 is 19.8 Å². The summed E-state index contributed by atoms with van der Waals surface area (Å²) < 4.78 is 16.1. The molecule has 0 N–H and O–H groups in total. The zero-order chi connectivity index (χ0) is 20.2. The maximum Gasteiger partial charge on any atom is 0.227 e. The normalized spacial score (nSPS) is 12.5. The van der Waals surface area contributed by atoms with Crippen molar-refractivity contribution in [3.05, 3.63) is 88.0 Å². The van der Waals surface area contributed by atoms with Crippen molar-refractivity contribution in [2.24, 2.45) is 0 Å². The van der Waals surface area contributed by atoms with Crippen molar-refractivity contribution >= 4 is 11.5 Å². The van der Waals surface area contributed by atoms with Crippen LogP contribution in [0.3, 0.4) is 0 Å². The molecule has 148 valence electrons. The first-order valence-electron chi connectivity index (χ1n) is 9.38. The molecule has 1 aliphatic heterocycles. The largest absolute Gasteiger partial charge is 0.497 e. The quantitative estimate of drug-likeness (QED) is 0.575. The lowest BCUT2D eigenvalue weighted by Crippen LogP contribution is -2.21. The number of hydrogen-bond donors (Lipinski definition) is 0. The molecule has 0 spiro atoms. The summed E-state index contributed by atoms with van der Waals surface area (Å²) in [5.74, 6) is 1.02. The van der Waals surface area contributed by atoms with Gasteiger partial charge in [0, 0.05) is 23.9 Å². The Kier molecular flexibility index (Phi) is 5.33. The monoisotopic (exact) mass is 391 g/mol. The number of benzene rings is 2. The van der Waals surface area contributed by atoms with E-state index in [1.807, 2.05) is 12.1 Å². The molecule has 6 nitrogen and oxygen atoms in total. The molecule has 1 aliphatic rings. The van der Waals surface area contributed by atoms with Gasteiger partial charge in [-0.05, 0) is 42.3 Å². The number of nitrogens with zero attached hydrogens (tertiary/aromatic N) is 1. The van der Waals surface area contributed by atoms with E-state index in [1.54, 1.807) is 31.4 Å². The van der Waals surface area contributed by atoms with Crippen LogP contribution in [0, 0.1) is 0 Å². The topological polar surface area (TPSA) is 69.0 Å². The van der Waals surface area contributed by atoms with Gasteiger partial charge in [-0.2, -0.15) is 0 Å². The van der Waals surface area contributed by atoms with Gasteiger partial charge in [-0.3, -0.25) is 9.59 Å². The molecule has 0 saturated heterocycles. The number of ketones is 1. The fourth-order valence-corrected chi connectivity index (χ4v) is 3.39. The Bertz CT molecular complexity index is 1070. The number of hydrogen-bond acceptors (Lipinski definition) is 6. The lowest BCUT2D eigenvalue weighted by Gasteiger charge is -2.18. The van der Waals surface area contributed by atoms with Crippen molar-refractivity contribution in [3.8, 4) is 11.5 Å². The standard InChI is InChI=1S/C23H21NO5/c1-27-18-8-6-17(7-9-18)22(26)14-29-23-15-28-19(12-21(23)25)13-24-11-10-16-4-2-3-5-20(16)24/h2-9,12,15H,10-11,13-14H2,1H3. The van der Waals surface area contributed by atoms with Gasteiger partial charge in [-0.25, -0.2) is 0 Å². The third-order valence-corrected chi connectivity index (χ3v) is 4.95. The highest BCUT2D eigenvalue weighted by atomic mass is 16.5. The van der Waals surface area contributed by atoms with Gasteiger partial charge in [0.05, 0.1) is 13.7 Å². The first-order chi connectivity index (χ1) is 14.1. The summed E-state index contributed by atoms with van der Waals surface area (Å²) >= 11 is 0. The van der Waals surface area contributed by atoms with Crippen LogP contribution in [-0.2, 0) is 13.0 Å². The van der Waals surface area contributed by atoms with Crippen LogP contribution in [-0.4, -0.2) is 26.0 Å². The third kappa shape index (κ3) is 4.16. The van der Waals surface area contributed by atoms with E-state index in [0.29, 0.717) is 23.6 Å². The molecule has 29 heavy (non-hydrogen) atoms. The molecule has 0 unspecified atom stereocenters. The third-order valence-electron chi connectivity index (χ3n) is 4.95. The van der Waals surface area contributed by atoms with Gasteiger partial charge >= 0.3 is 0 Å². The van der Waals surface area contributed by atoms with Crippen LogP contribution in [0.5, 0.6) is 11.5 Å². The molecule has 1 aromatic heterocycles. The SMILES string of the molecule is COc1ccc(C(=O)COc2coc(CN3CCc4ccccc43)cc2=O)cc1. The molecule has 4 rings (SSSR count). The van der Waals surface area contributed by atoms with Gasteiger partial charge in [-0.1, -0.05) is 18.2 Å². The van der Waals surface area contributed by atoms with Gasteiger partial charge in [-0.15, -0.1) is 0 Å². The van der Waals surface area contributed by atoms with Crippen LogP contribution in [0.25, 0.3) is 0 Å². The molecular weight excluding hydrogens is 370 g/mol. The molecule has 0 bridgehead atoms. The van der Waals surface area contributed by atoms with Crippen LogP contribution >= 0.6 is 0 Å². The summed E-state index contributed by atoms with van der Waals surface area (Å²) in [6.45, 7) is 1.16. The zero-order valence-corrected chi connectivity index (χ0v) is 16.1. The Hall–Kier alpha value is -3.54. The summed E-state index contributed by atoms with van der Waals surface area (Å²) in [5.41, 5.74) is 2.65. The number of carbonyl (C=O) groups excluding carboxylic acids is 1. The maximum atomic E-state index is 12.4. The molecule has 0 aliphatic carbocycles. The van der Waals surface area contributed by atoms with Crippen molar-refractivity contribution in [1.82, 2.24) is 0 Å². The summed E-state index contributed by atoms with van der Waals surface area (Å²) in [7, 11) is 1.56. The van der Waals surface area contributed by atoms with E-state index in [1.165, 1.54) is 23.6 Å². The van der Waals surface area contributed by atoms with E-state index in [-0.39, 0.29) is 23.6 Å². The molecule has 0 amide bonds. The number of ether oxygens (including phenoxy) is 2. The Labute approximate surface area is 168 Å². The van der Waals surface area contributed by atoms with Gasteiger partial charge < -0.3 is 18.8 Å². The highest BCUT2D eigenvalue weighted by Crippen LogP contribution is 2.28. The Morgan fingerprint density at radius 3 is 2.69 bits per heavy atom. The molecule has 3 aromatic rings. The van der Waals surface area contributed by atoms with Crippen LogP contribution in [0.2, 0.25) is 0 Å². The van der Waals surface area contributed by atoms with Gasteiger partial charge in [0.25, 0.3) is 0 Å². The fraction of sp³-hybridized carbons (Fsp3) is 0.217. The van der Waals surface area contributed by atoms with Crippen molar-refractivity contribution in [2.75, 3.05) is 25.2 Å². The minimum Gasteiger partial charge on any atom is -0.497 e. The number of methoxy groups -OCH3 is 1. The number of carbonyl (C=O) groups is 1. The molecular formula is C23H21NO5. The lowest BCUT2D eigenvalue weighted by molar-refractivity contribution is 0.0919. The summed E-state index contributed by atoms with van der Waals surface area (Å²) in [6.07, 6.45) is 2.26. The van der Waals surface area contributed by atoms with E-state index >= 15 is 0 Å². The molecule has 0 fully saturated rings. The van der Waals surface area contributed by atoms with E-state index in [2.05, 4.69) is 17.0 Å². The molecule has 6 heteroatoms. The second-order valence-electron chi connectivity index (χ2n) is 6.82. The van der Waals surface area contributed by atoms with E-state index in [4.69, 9.17) is 13.9 Å². The molecule has 2 aromatic carbocycles. The van der Waals surface area contributed by atoms with Gasteiger partial charge in [0.15, 0.2) is 12.4 Å². The number of fused-ring (bicyclic) bond motifs is 1. The summed E-state index contributed by atoms with van der Waals surface area (Å²) in [6, 6.07) is 16.4. The summed E-state index contributed by atoms with van der Waals surface area (Å²) in [4.78, 5) is 26.8. The van der Waals surface area contributed by atoms with E-state index < -0.39 is 0 Å². The Morgan fingerprint density at radius 1 is 1.14 bits per heavy atom. The molecule has 0 saturated carbocycles. The molecule has 0 radical (unpaired) electrons. The van der Waals surface area contributed by atoms with E-state index in [9.17, 15) is 9.59 Å². The Balaban J connectivity index is 1.39. The predicted octanol–water partition coefficient (Wildman–Crippen LogP) is 3.47. The highest BCUT2D eigenvalue weighted by molar-refractivity contribution is 5.97. The van der Waals surface area contributed by atoms with Crippen LogP contribution in [0.1, 0.15) is 21.7 Å². The van der Waals surface area contributed by atoms with Crippen LogP contribution in [0.15, 0.2) is 70.1 Å². The highest BCUT2D eigenvalue weighted by Gasteiger charge is 2.19. The van der Waals surface area contributed by atoms with Crippen molar-refractivity contribution in [3.63, 3.8) is 0 Å². The van der Waals surface area contributed by atoms with Gasteiger partial charge in [0.2, 0.25) is 11.2 Å². The van der Waals surface area contributed by atoms with Crippen LogP contribution in [0.4, 0.5) is 5.69 Å². The van der Waals surface area contributed by atoms with Crippen molar-refractivity contribution in [2.45, 2.75) is 13.0 Å². The first kappa shape index (κ1) is 18.8. The fourth-order valence-electron chi connectivity index (χ4n) is 3.39. The number of rotatable bonds is 7. The minimum atomic E-state index is -0.304. The predicted molar refractivity (Wildman–Crippen MR) is 109 cm³/mol. The number of para-hydroxylation sites is 1. The summed E-state index contributed by atoms with van der Waals surface area (Å²) in [5, 5.41) is 0. The average Bonchev–Trinajstić information content (AvgIpc) is 3.16. The lowest BCUT2D eigenvalue weighted by atomic mass is 10.1. The Morgan fingerprint density at radius 2 is 1.93 bits per heavy atom. The maximum absolute atomic E-state index is 12.4.